The number of Topliss-reactive ketones (excluding diaryl/α,β-unsaturated/α-hetero) is 1. The van der Waals surface area contributed by atoms with E-state index < -0.39 is 18.8 Å². The van der Waals surface area contributed by atoms with Crippen LogP contribution in [0.2, 0.25) is 0 Å². The Kier molecular flexibility index (Phi) is 7.24. The lowest BCUT2D eigenvalue weighted by atomic mass is 10.0. The minimum atomic E-state index is -1.06. The van der Waals surface area contributed by atoms with Gasteiger partial charge in [0.15, 0.2) is 18.0 Å². The monoisotopic (exact) mass is 270 g/mol. The molecule has 6 nitrogen and oxygen atoms in total. The highest BCUT2D eigenvalue weighted by molar-refractivity contribution is 5.85. The second kappa shape index (κ2) is 8.73. The number of aliphatic hydroxyl groups excluding tert-OH is 1. The molecule has 2 atom stereocenters. The lowest BCUT2D eigenvalue weighted by Gasteiger charge is -2.21. The van der Waals surface area contributed by atoms with E-state index in [0.717, 1.165) is 5.56 Å². The molecule has 6 heteroatoms. The molecule has 0 unspecified atom stereocenters. The van der Waals surface area contributed by atoms with Crippen LogP contribution in [0.15, 0.2) is 30.3 Å². The minimum Gasteiger partial charge on any atom is -0.393 e. The number of benzene rings is 1. The molecule has 0 saturated carbocycles. The Bertz CT molecular complexity index is 367. The Balaban J connectivity index is 2.71. The smallest absolute Gasteiger partial charge is 0.183 e. The molecule has 0 amide bonds. The second-order valence-corrected chi connectivity index (χ2v) is 3.80. The van der Waals surface area contributed by atoms with Crippen molar-refractivity contribution in [2.45, 2.75) is 18.6 Å². The summed E-state index contributed by atoms with van der Waals surface area (Å²) in [6, 6.07) is 9.19. The number of ketones is 1. The SMILES string of the molecule is COO[C@@H](CO)[C@@H](OOC)C(=O)Cc1ccccc1. The number of carbonyl (C=O) groups excluding carboxylic acids is 1. The lowest BCUT2D eigenvalue weighted by Crippen LogP contribution is -2.41. The van der Waals surface area contributed by atoms with Gasteiger partial charge in [0.25, 0.3) is 0 Å². The Morgan fingerprint density at radius 1 is 1.16 bits per heavy atom. The molecule has 106 valence electrons. The van der Waals surface area contributed by atoms with Crippen molar-refractivity contribution in [1.82, 2.24) is 0 Å². The van der Waals surface area contributed by atoms with Gasteiger partial charge in [-0.1, -0.05) is 30.3 Å². The molecule has 0 aliphatic carbocycles. The van der Waals surface area contributed by atoms with Crippen LogP contribution < -0.4 is 0 Å². The van der Waals surface area contributed by atoms with Crippen LogP contribution >= 0.6 is 0 Å². The summed E-state index contributed by atoms with van der Waals surface area (Å²) in [5, 5.41) is 9.18. The highest BCUT2D eigenvalue weighted by atomic mass is 17.2. The van der Waals surface area contributed by atoms with Crippen molar-refractivity contribution in [1.29, 1.82) is 0 Å². The zero-order valence-corrected chi connectivity index (χ0v) is 10.9. The molecule has 0 spiro atoms. The van der Waals surface area contributed by atoms with E-state index in [4.69, 9.17) is 9.78 Å². The van der Waals surface area contributed by atoms with E-state index in [2.05, 4.69) is 9.78 Å². The van der Waals surface area contributed by atoms with Gasteiger partial charge in [0.2, 0.25) is 0 Å². The first-order chi connectivity index (χ1) is 9.22. The third kappa shape index (κ3) is 5.06. The van der Waals surface area contributed by atoms with Crippen LogP contribution in [-0.2, 0) is 30.8 Å². The van der Waals surface area contributed by atoms with Crippen molar-refractivity contribution in [3.05, 3.63) is 35.9 Å². The van der Waals surface area contributed by atoms with Crippen molar-refractivity contribution >= 4 is 5.78 Å². The second-order valence-electron chi connectivity index (χ2n) is 3.80. The van der Waals surface area contributed by atoms with Crippen molar-refractivity contribution < 1.29 is 29.5 Å². The predicted molar refractivity (Wildman–Crippen MR) is 66.0 cm³/mol. The predicted octanol–water partition coefficient (Wildman–Crippen LogP) is 0.684. The van der Waals surface area contributed by atoms with Crippen molar-refractivity contribution in [2.24, 2.45) is 0 Å². The molecular formula is C13H18O6. The topological polar surface area (TPSA) is 74.2 Å². The summed E-state index contributed by atoms with van der Waals surface area (Å²) in [5.41, 5.74) is 0.839. The largest absolute Gasteiger partial charge is 0.393 e. The summed E-state index contributed by atoms with van der Waals surface area (Å²) in [7, 11) is 2.57. The fourth-order valence-corrected chi connectivity index (χ4v) is 1.62. The summed E-state index contributed by atoms with van der Waals surface area (Å²) < 4.78 is 0. The van der Waals surface area contributed by atoms with Crippen LogP contribution in [0.3, 0.4) is 0 Å². The molecule has 1 aromatic rings. The van der Waals surface area contributed by atoms with Crippen LogP contribution in [0.4, 0.5) is 0 Å². The molecule has 1 N–H and O–H groups in total. The van der Waals surface area contributed by atoms with Gasteiger partial charge in [0.05, 0.1) is 20.8 Å². The molecule has 0 bridgehead atoms. The normalized spacial score (nSPS) is 14.1. The van der Waals surface area contributed by atoms with Crippen LogP contribution in [0.25, 0.3) is 0 Å². The van der Waals surface area contributed by atoms with E-state index in [-0.39, 0.29) is 12.2 Å². The van der Waals surface area contributed by atoms with Gasteiger partial charge in [-0.25, -0.2) is 19.6 Å². The maximum atomic E-state index is 12.1. The van der Waals surface area contributed by atoms with Gasteiger partial charge in [0.1, 0.15) is 0 Å². The highest BCUT2D eigenvalue weighted by Crippen LogP contribution is 2.10. The lowest BCUT2D eigenvalue weighted by molar-refractivity contribution is -0.369. The Morgan fingerprint density at radius 3 is 2.32 bits per heavy atom. The van der Waals surface area contributed by atoms with Crippen LogP contribution in [0.1, 0.15) is 5.56 Å². The van der Waals surface area contributed by atoms with Crippen molar-refractivity contribution in [3.8, 4) is 0 Å². The van der Waals surface area contributed by atoms with Crippen LogP contribution in [0.5, 0.6) is 0 Å². The zero-order valence-electron chi connectivity index (χ0n) is 10.9. The molecule has 0 saturated heterocycles. The first kappa shape index (κ1) is 15.7. The summed E-state index contributed by atoms with van der Waals surface area (Å²) in [6.45, 7) is -0.428. The van der Waals surface area contributed by atoms with Crippen LogP contribution in [-0.4, -0.2) is 43.9 Å². The molecule has 0 aliphatic heterocycles. The molecule has 0 heterocycles. The average Bonchev–Trinajstić information content (AvgIpc) is 2.43. The van der Waals surface area contributed by atoms with E-state index >= 15 is 0 Å². The van der Waals surface area contributed by atoms with E-state index in [9.17, 15) is 9.90 Å². The van der Waals surface area contributed by atoms with Gasteiger partial charge < -0.3 is 5.11 Å². The van der Waals surface area contributed by atoms with Crippen molar-refractivity contribution in [3.63, 3.8) is 0 Å². The maximum absolute atomic E-state index is 12.1. The molecule has 1 rings (SSSR count). The molecule has 1 aromatic carbocycles. The fraction of sp³-hybridized carbons (Fsp3) is 0.462. The highest BCUT2D eigenvalue weighted by Gasteiger charge is 2.31. The summed E-state index contributed by atoms with van der Waals surface area (Å²) in [6.07, 6.45) is -1.85. The van der Waals surface area contributed by atoms with Gasteiger partial charge >= 0.3 is 0 Å². The third-order valence-corrected chi connectivity index (χ3v) is 2.48. The minimum absolute atomic E-state index is 0.151. The van der Waals surface area contributed by atoms with Gasteiger partial charge in [-0.2, -0.15) is 0 Å². The Labute approximate surface area is 111 Å². The van der Waals surface area contributed by atoms with Gasteiger partial charge in [-0.15, -0.1) is 0 Å². The van der Waals surface area contributed by atoms with E-state index in [1.54, 1.807) is 0 Å². The fourth-order valence-electron chi connectivity index (χ4n) is 1.62. The summed E-state index contributed by atoms with van der Waals surface area (Å²) in [5.74, 6) is -0.274. The van der Waals surface area contributed by atoms with Crippen LogP contribution in [0, 0.1) is 0 Å². The number of hydrogen-bond donors (Lipinski definition) is 1. The molecule has 19 heavy (non-hydrogen) atoms. The molecule has 0 fully saturated rings. The van der Waals surface area contributed by atoms with E-state index in [1.165, 1.54) is 14.2 Å². The third-order valence-electron chi connectivity index (χ3n) is 2.48. The summed E-state index contributed by atoms with van der Waals surface area (Å²) >= 11 is 0. The van der Waals surface area contributed by atoms with Crippen molar-refractivity contribution in [2.75, 3.05) is 20.8 Å². The van der Waals surface area contributed by atoms with Gasteiger partial charge in [0, 0.05) is 6.42 Å². The molecule has 0 radical (unpaired) electrons. The van der Waals surface area contributed by atoms with E-state index in [0.29, 0.717) is 0 Å². The first-order valence-electron chi connectivity index (χ1n) is 5.79. The zero-order chi connectivity index (χ0) is 14.1. The Hall–Kier alpha value is -1.31. The average molecular weight is 270 g/mol. The molecule has 0 aliphatic rings. The first-order valence-corrected chi connectivity index (χ1v) is 5.79. The number of rotatable bonds is 9. The maximum Gasteiger partial charge on any atom is 0.183 e. The number of aliphatic hydroxyl groups is 1. The number of hydrogen-bond acceptors (Lipinski definition) is 6. The molecular weight excluding hydrogens is 252 g/mol. The van der Waals surface area contributed by atoms with E-state index in [1.807, 2.05) is 30.3 Å². The number of carbonyl (C=O) groups is 1. The standard InChI is InChI=1S/C13H18O6/c1-16-18-12(9-14)13(19-17-2)11(15)8-10-6-4-3-5-7-10/h3-7,12-14H,8-9H2,1-2H3/t12-,13-/m0/s1. The molecule has 0 aromatic heterocycles. The quantitative estimate of drug-likeness (QED) is 0.525. The summed E-state index contributed by atoms with van der Waals surface area (Å²) in [4.78, 5) is 30.8. The van der Waals surface area contributed by atoms with Gasteiger partial charge in [-0.05, 0) is 5.56 Å². The Morgan fingerprint density at radius 2 is 1.79 bits per heavy atom. The van der Waals surface area contributed by atoms with Gasteiger partial charge in [-0.3, -0.25) is 4.79 Å².